The maximum atomic E-state index is 14.1. The molecule has 0 aromatic heterocycles. The first-order chi connectivity index (χ1) is 11.5. The molecule has 1 fully saturated rings. The summed E-state index contributed by atoms with van der Waals surface area (Å²) in [5.74, 6) is -0.334. The molecule has 0 aliphatic carbocycles. The SMILES string of the molecule is COc1ccc(O)c(CN2CC(O)CC2c2cc(F)ccc2F)c1. The molecule has 4 nitrogen and oxygen atoms in total. The van der Waals surface area contributed by atoms with Crippen LogP contribution < -0.4 is 4.74 Å². The lowest BCUT2D eigenvalue weighted by molar-refractivity contribution is 0.172. The number of likely N-dealkylation sites (tertiary alicyclic amines) is 1. The van der Waals surface area contributed by atoms with Crippen molar-refractivity contribution < 1.29 is 23.7 Å². The van der Waals surface area contributed by atoms with Crippen LogP contribution >= 0.6 is 0 Å². The Hall–Kier alpha value is -2.18. The van der Waals surface area contributed by atoms with E-state index in [2.05, 4.69) is 0 Å². The Labute approximate surface area is 138 Å². The molecule has 2 atom stereocenters. The van der Waals surface area contributed by atoms with Crippen LogP contribution in [0.3, 0.4) is 0 Å². The smallest absolute Gasteiger partial charge is 0.128 e. The van der Waals surface area contributed by atoms with Crippen LogP contribution in [-0.2, 0) is 6.54 Å². The van der Waals surface area contributed by atoms with E-state index in [-0.39, 0.29) is 11.3 Å². The molecule has 1 heterocycles. The molecule has 1 aliphatic heterocycles. The zero-order valence-electron chi connectivity index (χ0n) is 13.2. The second-order valence-electron chi connectivity index (χ2n) is 6.00. The minimum absolute atomic E-state index is 0.0932. The lowest BCUT2D eigenvalue weighted by Gasteiger charge is -2.25. The molecule has 0 radical (unpaired) electrons. The molecule has 128 valence electrons. The van der Waals surface area contributed by atoms with Crippen molar-refractivity contribution in [3.8, 4) is 11.5 Å². The molecular formula is C18H19F2NO3. The summed E-state index contributed by atoms with van der Waals surface area (Å²) in [6.45, 7) is 0.609. The Morgan fingerprint density at radius 2 is 2.00 bits per heavy atom. The molecule has 0 spiro atoms. The van der Waals surface area contributed by atoms with Crippen LogP contribution in [0.15, 0.2) is 36.4 Å². The molecule has 2 N–H and O–H groups in total. The minimum Gasteiger partial charge on any atom is -0.508 e. The predicted molar refractivity (Wildman–Crippen MR) is 84.8 cm³/mol. The van der Waals surface area contributed by atoms with Crippen LogP contribution in [0.5, 0.6) is 11.5 Å². The van der Waals surface area contributed by atoms with E-state index < -0.39 is 23.8 Å². The van der Waals surface area contributed by atoms with Gasteiger partial charge in [-0.15, -0.1) is 0 Å². The highest BCUT2D eigenvalue weighted by molar-refractivity contribution is 5.39. The zero-order chi connectivity index (χ0) is 17.3. The van der Waals surface area contributed by atoms with Gasteiger partial charge in [0.15, 0.2) is 0 Å². The van der Waals surface area contributed by atoms with Gasteiger partial charge in [-0.25, -0.2) is 8.78 Å². The molecular weight excluding hydrogens is 316 g/mol. The number of halogens is 2. The van der Waals surface area contributed by atoms with Crippen LogP contribution in [-0.4, -0.2) is 34.9 Å². The van der Waals surface area contributed by atoms with Gasteiger partial charge < -0.3 is 14.9 Å². The second-order valence-corrected chi connectivity index (χ2v) is 6.00. The average molecular weight is 335 g/mol. The first kappa shape index (κ1) is 16.7. The van der Waals surface area contributed by atoms with E-state index in [4.69, 9.17) is 4.74 Å². The summed E-state index contributed by atoms with van der Waals surface area (Å²) in [6.07, 6.45) is -0.323. The molecule has 6 heteroatoms. The van der Waals surface area contributed by atoms with E-state index in [0.29, 0.717) is 30.8 Å². The zero-order valence-corrected chi connectivity index (χ0v) is 13.2. The number of aromatic hydroxyl groups is 1. The molecule has 2 unspecified atom stereocenters. The first-order valence-corrected chi connectivity index (χ1v) is 7.71. The number of phenolic OH excluding ortho intramolecular Hbond substituents is 1. The normalized spacial score (nSPS) is 21.2. The van der Waals surface area contributed by atoms with Crippen LogP contribution in [0.1, 0.15) is 23.6 Å². The maximum absolute atomic E-state index is 14.1. The van der Waals surface area contributed by atoms with Crippen molar-refractivity contribution in [2.24, 2.45) is 0 Å². The summed E-state index contributed by atoms with van der Waals surface area (Å²) in [7, 11) is 1.53. The van der Waals surface area contributed by atoms with Gasteiger partial charge in [0.05, 0.1) is 13.2 Å². The number of aliphatic hydroxyl groups is 1. The van der Waals surface area contributed by atoms with Crippen LogP contribution in [0, 0.1) is 11.6 Å². The van der Waals surface area contributed by atoms with Crippen molar-refractivity contribution in [3.05, 3.63) is 59.2 Å². The number of phenols is 1. The summed E-state index contributed by atoms with van der Waals surface area (Å²) in [6, 6.07) is 7.73. The van der Waals surface area contributed by atoms with E-state index in [9.17, 15) is 19.0 Å². The van der Waals surface area contributed by atoms with Gasteiger partial charge in [-0.05, 0) is 42.8 Å². The monoisotopic (exact) mass is 335 g/mol. The van der Waals surface area contributed by atoms with Crippen LogP contribution in [0.25, 0.3) is 0 Å². The fourth-order valence-corrected chi connectivity index (χ4v) is 3.18. The summed E-state index contributed by atoms with van der Waals surface area (Å²) >= 11 is 0. The highest BCUT2D eigenvalue weighted by Crippen LogP contribution is 2.36. The maximum Gasteiger partial charge on any atom is 0.128 e. The van der Waals surface area contributed by atoms with E-state index in [0.717, 1.165) is 18.2 Å². The van der Waals surface area contributed by atoms with E-state index in [1.165, 1.54) is 13.2 Å². The van der Waals surface area contributed by atoms with Crippen LogP contribution in [0.2, 0.25) is 0 Å². The van der Waals surface area contributed by atoms with Crippen molar-refractivity contribution >= 4 is 0 Å². The van der Waals surface area contributed by atoms with Crippen molar-refractivity contribution in [1.82, 2.24) is 4.90 Å². The molecule has 0 bridgehead atoms. The molecule has 1 saturated heterocycles. The Balaban J connectivity index is 1.90. The average Bonchev–Trinajstić information content (AvgIpc) is 2.92. The van der Waals surface area contributed by atoms with E-state index >= 15 is 0 Å². The number of methoxy groups -OCH3 is 1. The van der Waals surface area contributed by atoms with Crippen molar-refractivity contribution in [1.29, 1.82) is 0 Å². The third kappa shape index (κ3) is 3.34. The van der Waals surface area contributed by atoms with E-state index in [1.807, 2.05) is 4.90 Å². The lowest BCUT2D eigenvalue weighted by atomic mass is 10.0. The summed E-state index contributed by atoms with van der Waals surface area (Å²) in [4.78, 5) is 1.83. The number of hydrogen-bond donors (Lipinski definition) is 2. The van der Waals surface area contributed by atoms with Gasteiger partial charge in [0.25, 0.3) is 0 Å². The fraction of sp³-hybridized carbons (Fsp3) is 0.333. The summed E-state index contributed by atoms with van der Waals surface area (Å²) in [5, 5.41) is 20.0. The Morgan fingerprint density at radius 3 is 2.75 bits per heavy atom. The highest BCUT2D eigenvalue weighted by Gasteiger charge is 2.34. The van der Waals surface area contributed by atoms with Gasteiger partial charge in [-0.2, -0.15) is 0 Å². The molecule has 3 rings (SSSR count). The van der Waals surface area contributed by atoms with Crippen molar-refractivity contribution in [2.75, 3.05) is 13.7 Å². The Morgan fingerprint density at radius 1 is 1.21 bits per heavy atom. The molecule has 0 amide bonds. The molecule has 0 saturated carbocycles. The van der Waals surface area contributed by atoms with Gasteiger partial charge >= 0.3 is 0 Å². The van der Waals surface area contributed by atoms with Gasteiger partial charge in [0.2, 0.25) is 0 Å². The summed E-state index contributed by atoms with van der Waals surface area (Å²) < 4.78 is 32.8. The second kappa shape index (κ2) is 6.75. The predicted octanol–water partition coefficient (Wildman–Crippen LogP) is 2.99. The Bertz CT molecular complexity index is 738. The number of rotatable bonds is 4. The first-order valence-electron chi connectivity index (χ1n) is 7.71. The molecule has 1 aliphatic rings. The number of aliphatic hydroxyl groups excluding tert-OH is 1. The van der Waals surface area contributed by atoms with Gasteiger partial charge in [-0.1, -0.05) is 0 Å². The third-order valence-corrected chi connectivity index (χ3v) is 4.36. The fourth-order valence-electron chi connectivity index (χ4n) is 3.18. The molecule has 24 heavy (non-hydrogen) atoms. The molecule has 2 aromatic rings. The topological polar surface area (TPSA) is 52.9 Å². The number of benzene rings is 2. The number of nitrogens with zero attached hydrogens (tertiary/aromatic N) is 1. The number of ether oxygens (including phenoxy) is 1. The van der Waals surface area contributed by atoms with Gasteiger partial charge in [0, 0.05) is 30.3 Å². The quantitative estimate of drug-likeness (QED) is 0.902. The lowest BCUT2D eigenvalue weighted by Crippen LogP contribution is -2.25. The third-order valence-electron chi connectivity index (χ3n) is 4.36. The summed E-state index contributed by atoms with van der Waals surface area (Å²) in [5.41, 5.74) is 0.819. The number of hydrogen-bond acceptors (Lipinski definition) is 4. The van der Waals surface area contributed by atoms with Gasteiger partial charge in [-0.3, -0.25) is 4.90 Å². The Kier molecular flexibility index (Phi) is 4.69. The number of β-amino-alcohol motifs (C(OH)–C–C–N with tert-alkyl or cyclic N) is 1. The van der Waals surface area contributed by atoms with Crippen molar-refractivity contribution in [3.63, 3.8) is 0 Å². The largest absolute Gasteiger partial charge is 0.508 e. The standard InChI is InChI=1S/C18H19F2NO3/c1-24-14-3-5-18(23)11(6-14)9-21-10-13(22)8-17(21)15-7-12(19)2-4-16(15)20/h2-7,13,17,22-23H,8-10H2,1H3. The van der Waals surface area contributed by atoms with Gasteiger partial charge in [0.1, 0.15) is 23.1 Å². The van der Waals surface area contributed by atoms with E-state index in [1.54, 1.807) is 12.1 Å². The van der Waals surface area contributed by atoms with Crippen LogP contribution in [0.4, 0.5) is 8.78 Å². The minimum atomic E-state index is -0.634. The van der Waals surface area contributed by atoms with Crippen molar-refractivity contribution in [2.45, 2.75) is 25.1 Å². The molecule has 2 aromatic carbocycles. The highest BCUT2D eigenvalue weighted by atomic mass is 19.1.